The Balaban J connectivity index is 1.21. The Bertz CT molecular complexity index is 917. The van der Waals surface area contributed by atoms with E-state index >= 15 is 0 Å². The number of aromatic nitrogens is 2. The summed E-state index contributed by atoms with van der Waals surface area (Å²) < 4.78 is 11.4. The first-order valence-electron chi connectivity index (χ1n) is 10.2. The van der Waals surface area contributed by atoms with Crippen molar-refractivity contribution in [2.24, 2.45) is 0 Å². The Morgan fingerprint density at radius 1 is 1.21 bits per heavy atom. The third-order valence-corrected chi connectivity index (χ3v) is 5.91. The van der Waals surface area contributed by atoms with Crippen LogP contribution in [0, 0.1) is 0 Å². The number of benzene rings is 1. The third kappa shape index (κ3) is 5.44. The Labute approximate surface area is 174 Å². The molecule has 4 rings (SSSR count). The average molecular weight is 412 g/mol. The van der Waals surface area contributed by atoms with Gasteiger partial charge in [-0.2, -0.15) is 4.98 Å². The van der Waals surface area contributed by atoms with Crippen molar-refractivity contribution in [3.05, 3.63) is 53.2 Å². The average Bonchev–Trinajstić information content (AvgIpc) is 3.49. The van der Waals surface area contributed by atoms with Gasteiger partial charge >= 0.3 is 0 Å². The highest BCUT2D eigenvalue weighted by atomic mass is 32.1. The molecule has 1 N–H and O–H groups in total. The predicted molar refractivity (Wildman–Crippen MR) is 112 cm³/mol. The molecule has 0 radical (unpaired) electrons. The molecule has 6 nitrogen and oxygen atoms in total. The minimum atomic E-state index is 0.0127. The molecule has 1 amide bonds. The molecule has 7 heteroatoms. The minimum Gasteiger partial charge on any atom is -0.490 e. The zero-order chi connectivity index (χ0) is 19.9. The van der Waals surface area contributed by atoms with Crippen molar-refractivity contribution in [2.75, 3.05) is 0 Å². The molecule has 1 aromatic carbocycles. The van der Waals surface area contributed by atoms with E-state index in [9.17, 15) is 4.79 Å². The van der Waals surface area contributed by atoms with E-state index in [1.54, 1.807) is 11.3 Å². The van der Waals surface area contributed by atoms with Gasteiger partial charge in [0.25, 0.3) is 0 Å². The van der Waals surface area contributed by atoms with Crippen molar-refractivity contribution in [3.8, 4) is 16.5 Å². The van der Waals surface area contributed by atoms with Gasteiger partial charge in [0.05, 0.1) is 11.0 Å². The summed E-state index contributed by atoms with van der Waals surface area (Å²) in [7, 11) is 0. The Kier molecular flexibility index (Phi) is 6.56. The monoisotopic (exact) mass is 411 g/mol. The number of ether oxygens (including phenoxy) is 1. The lowest BCUT2D eigenvalue weighted by Gasteiger charge is -2.16. The van der Waals surface area contributed by atoms with Crippen LogP contribution in [0.1, 0.15) is 50.0 Å². The van der Waals surface area contributed by atoms with Gasteiger partial charge in [0, 0.05) is 24.9 Å². The summed E-state index contributed by atoms with van der Waals surface area (Å²) >= 11 is 1.57. The second kappa shape index (κ2) is 9.69. The molecular weight excluding hydrogens is 386 g/mol. The van der Waals surface area contributed by atoms with Crippen LogP contribution in [0.4, 0.5) is 0 Å². The smallest absolute Gasteiger partial charge is 0.226 e. The minimum absolute atomic E-state index is 0.0127. The molecule has 0 aliphatic heterocycles. The topological polar surface area (TPSA) is 77.2 Å². The lowest BCUT2D eigenvalue weighted by molar-refractivity contribution is -0.121. The molecule has 1 saturated carbocycles. The maximum atomic E-state index is 12.2. The number of hydrogen-bond donors (Lipinski definition) is 1. The predicted octanol–water partition coefficient (Wildman–Crippen LogP) is 4.76. The van der Waals surface area contributed by atoms with Crippen LogP contribution in [-0.2, 0) is 17.8 Å². The van der Waals surface area contributed by atoms with Gasteiger partial charge in [-0.25, -0.2) is 0 Å². The highest BCUT2D eigenvalue weighted by Crippen LogP contribution is 2.26. The third-order valence-electron chi connectivity index (χ3n) is 5.05. The zero-order valence-corrected chi connectivity index (χ0v) is 17.1. The van der Waals surface area contributed by atoms with Crippen LogP contribution in [0.2, 0.25) is 0 Å². The molecule has 0 atom stereocenters. The summed E-state index contributed by atoms with van der Waals surface area (Å²) in [5.41, 5.74) is 1.02. The van der Waals surface area contributed by atoms with Gasteiger partial charge in [0.2, 0.25) is 17.6 Å². The standard InChI is InChI=1S/C22H25N3O3S/c26-20(12-5-13-21-24-22(25-28-21)19-11-6-14-29-19)23-15-16-7-1-4-10-18(16)27-17-8-2-3-9-17/h1,4,6-7,10-11,14,17H,2-3,5,8-9,12-13,15H2,(H,23,26). The largest absolute Gasteiger partial charge is 0.490 e. The van der Waals surface area contributed by atoms with Crippen molar-refractivity contribution >= 4 is 17.2 Å². The number of rotatable bonds is 9. The molecule has 152 valence electrons. The van der Waals surface area contributed by atoms with Gasteiger partial charge in [-0.05, 0) is 49.6 Å². The number of thiophene rings is 1. The van der Waals surface area contributed by atoms with Crippen LogP contribution in [-0.4, -0.2) is 22.2 Å². The summed E-state index contributed by atoms with van der Waals surface area (Å²) in [5.74, 6) is 2.07. The summed E-state index contributed by atoms with van der Waals surface area (Å²) in [4.78, 5) is 17.6. The molecule has 0 saturated heterocycles. The highest BCUT2D eigenvalue weighted by Gasteiger charge is 2.18. The Hall–Kier alpha value is -2.67. The van der Waals surface area contributed by atoms with Crippen molar-refractivity contribution < 1.29 is 14.1 Å². The van der Waals surface area contributed by atoms with Gasteiger partial charge in [-0.3, -0.25) is 4.79 Å². The van der Waals surface area contributed by atoms with E-state index in [0.717, 1.165) is 29.0 Å². The molecule has 3 aromatic rings. The van der Waals surface area contributed by atoms with Crippen LogP contribution < -0.4 is 10.1 Å². The molecular formula is C22H25N3O3S. The zero-order valence-electron chi connectivity index (χ0n) is 16.3. The van der Waals surface area contributed by atoms with Crippen molar-refractivity contribution in [3.63, 3.8) is 0 Å². The van der Waals surface area contributed by atoms with E-state index in [2.05, 4.69) is 15.5 Å². The SMILES string of the molecule is O=C(CCCc1nc(-c2cccs2)no1)NCc1ccccc1OC1CCCC1. The maximum Gasteiger partial charge on any atom is 0.226 e. The number of aryl methyl sites for hydroxylation is 1. The van der Waals surface area contributed by atoms with E-state index in [0.29, 0.717) is 43.6 Å². The van der Waals surface area contributed by atoms with Crippen LogP contribution >= 0.6 is 11.3 Å². The molecule has 1 aliphatic rings. The second-order valence-corrected chi connectivity index (χ2v) is 8.20. The molecule has 2 heterocycles. The normalized spacial score (nSPS) is 14.2. The van der Waals surface area contributed by atoms with E-state index < -0.39 is 0 Å². The Morgan fingerprint density at radius 3 is 2.90 bits per heavy atom. The van der Waals surface area contributed by atoms with Gasteiger partial charge in [-0.1, -0.05) is 29.4 Å². The fraction of sp³-hybridized carbons (Fsp3) is 0.409. The summed E-state index contributed by atoms with van der Waals surface area (Å²) in [5, 5.41) is 8.97. The first-order chi connectivity index (χ1) is 14.3. The summed E-state index contributed by atoms with van der Waals surface area (Å²) in [6.07, 6.45) is 6.68. The van der Waals surface area contributed by atoms with E-state index in [4.69, 9.17) is 9.26 Å². The number of nitrogens with zero attached hydrogens (tertiary/aromatic N) is 2. The number of carbonyl (C=O) groups is 1. The molecule has 2 aromatic heterocycles. The van der Waals surface area contributed by atoms with Crippen molar-refractivity contribution in [1.29, 1.82) is 0 Å². The van der Waals surface area contributed by atoms with Crippen LogP contribution in [0.15, 0.2) is 46.3 Å². The maximum absolute atomic E-state index is 12.2. The van der Waals surface area contributed by atoms with Gasteiger partial charge in [-0.15, -0.1) is 11.3 Å². The van der Waals surface area contributed by atoms with E-state index in [-0.39, 0.29) is 5.91 Å². The lowest BCUT2D eigenvalue weighted by Crippen LogP contribution is -2.23. The number of amides is 1. The quantitative estimate of drug-likeness (QED) is 0.549. The molecule has 1 fully saturated rings. The lowest BCUT2D eigenvalue weighted by atomic mass is 10.2. The fourth-order valence-corrected chi connectivity index (χ4v) is 4.14. The van der Waals surface area contributed by atoms with Crippen LogP contribution in [0.25, 0.3) is 10.7 Å². The van der Waals surface area contributed by atoms with Crippen LogP contribution in [0.3, 0.4) is 0 Å². The first-order valence-corrected chi connectivity index (χ1v) is 11.0. The summed E-state index contributed by atoms with van der Waals surface area (Å²) in [6, 6.07) is 11.9. The second-order valence-electron chi connectivity index (χ2n) is 7.25. The molecule has 0 unspecified atom stereocenters. The molecule has 0 bridgehead atoms. The molecule has 29 heavy (non-hydrogen) atoms. The van der Waals surface area contributed by atoms with Gasteiger partial charge in [0.1, 0.15) is 5.75 Å². The Morgan fingerprint density at radius 2 is 2.07 bits per heavy atom. The van der Waals surface area contributed by atoms with Crippen molar-refractivity contribution in [2.45, 2.75) is 57.6 Å². The van der Waals surface area contributed by atoms with E-state index in [1.165, 1.54) is 12.8 Å². The fourth-order valence-electron chi connectivity index (χ4n) is 3.50. The molecule has 0 spiro atoms. The number of carbonyl (C=O) groups excluding carboxylic acids is 1. The highest BCUT2D eigenvalue weighted by molar-refractivity contribution is 7.13. The number of para-hydroxylation sites is 1. The van der Waals surface area contributed by atoms with Gasteiger partial charge in [0.15, 0.2) is 0 Å². The van der Waals surface area contributed by atoms with Crippen molar-refractivity contribution in [1.82, 2.24) is 15.5 Å². The number of hydrogen-bond acceptors (Lipinski definition) is 6. The number of nitrogens with one attached hydrogen (secondary N) is 1. The van der Waals surface area contributed by atoms with E-state index in [1.807, 2.05) is 41.8 Å². The summed E-state index contributed by atoms with van der Waals surface area (Å²) in [6.45, 7) is 0.477. The molecule has 1 aliphatic carbocycles. The first kappa shape index (κ1) is 19.6. The van der Waals surface area contributed by atoms with Gasteiger partial charge < -0.3 is 14.6 Å². The van der Waals surface area contributed by atoms with Crippen LogP contribution in [0.5, 0.6) is 5.75 Å².